The summed E-state index contributed by atoms with van der Waals surface area (Å²) in [6, 6.07) is 13.6. The van der Waals surface area contributed by atoms with Crippen LogP contribution >= 0.6 is 0 Å². The first kappa shape index (κ1) is 22.4. The van der Waals surface area contributed by atoms with E-state index in [0.29, 0.717) is 0 Å². The second-order valence-electron chi connectivity index (χ2n) is 7.74. The average molecular weight is 425 g/mol. The smallest absolute Gasteiger partial charge is 0.313 e. The fourth-order valence-corrected chi connectivity index (χ4v) is 3.53. The van der Waals surface area contributed by atoms with Gasteiger partial charge < -0.3 is 15.5 Å². The lowest BCUT2D eigenvalue weighted by Crippen LogP contribution is -2.49. The van der Waals surface area contributed by atoms with Crippen LogP contribution < -0.4 is 10.6 Å². The Hall–Kier alpha value is -3.30. The Bertz CT molecular complexity index is 939. The van der Waals surface area contributed by atoms with Gasteiger partial charge in [-0.15, -0.1) is 0 Å². The number of non-ortho nitro benzene ring substituents is 1. The van der Waals surface area contributed by atoms with Gasteiger partial charge in [0.05, 0.1) is 11.0 Å². The van der Waals surface area contributed by atoms with E-state index in [1.165, 1.54) is 24.3 Å². The predicted molar refractivity (Wildman–Crippen MR) is 118 cm³/mol. The van der Waals surface area contributed by atoms with E-state index in [4.69, 9.17) is 0 Å². The van der Waals surface area contributed by atoms with Gasteiger partial charge in [0.2, 0.25) is 0 Å². The Kier molecular flexibility index (Phi) is 7.32. The van der Waals surface area contributed by atoms with Crippen LogP contribution in [0.4, 0.5) is 11.4 Å². The molecule has 2 aromatic carbocycles. The first-order valence-electron chi connectivity index (χ1n) is 10.2. The van der Waals surface area contributed by atoms with Crippen LogP contribution in [0, 0.1) is 17.0 Å². The van der Waals surface area contributed by atoms with E-state index in [1.807, 2.05) is 31.2 Å². The zero-order valence-electron chi connectivity index (χ0n) is 17.7. The SMILES string of the molecule is Cc1ccc([C@@H](CNC(=O)C(=O)Nc2cccc([N+](=O)[O-])c2)N2CCN(C)CC2)cc1. The van der Waals surface area contributed by atoms with Crippen molar-refractivity contribution in [1.82, 2.24) is 15.1 Å². The highest BCUT2D eigenvalue weighted by Crippen LogP contribution is 2.22. The van der Waals surface area contributed by atoms with Crippen LogP contribution in [0.3, 0.4) is 0 Å². The summed E-state index contributed by atoms with van der Waals surface area (Å²) in [5.41, 5.74) is 2.27. The fourth-order valence-electron chi connectivity index (χ4n) is 3.53. The molecule has 0 aromatic heterocycles. The molecule has 1 fully saturated rings. The van der Waals surface area contributed by atoms with Crippen molar-refractivity contribution < 1.29 is 14.5 Å². The summed E-state index contributed by atoms with van der Waals surface area (Å²) in [4.78, 5) is 39.6. The molecular formula is C22H27N5O4. The molecule has 0 aliphatic carbocycles. The summed E-state index contributed by atoms with van der Waals surface area (Å²) in [5, 5.41) is 16.0. The van der Waals surface area contributed by atoms with Crippen LogP contribution in [0.15, 0.2) is 48.5 Å². The van der Waals surface area contributed by atoms with E-state index in [-0.39, 0.29) is 24.0 Å². The van der Waals surface area contributed by atoms with Gasteiger partial charge in [0.25, 0.3) is 5.69 Å². The molecule has 164 valence electrons. The minimum Gasteiger partial charge on any atom is -0.346 e. The van der Waals surface area contributed by atoms with E-state index in [2.05, 4.69) is 27.5 Å². The van der Waals surface area contributed by atoms with Gasteiger partial charge in [-0.2, -0.15) is 0 Å². The van der Waals surface area contributed by atoms with Gasteiger partial charge in [0.15, 0.2) is 0 Å². The van der Waals surface area contributed by atoms with Gasteiger partial charge in [-0.3, -0.25) is 24.6 Å². The van der Waals surface area contributed by atoms with Gasteiger partial charge in [-0.1, -0.05) is 35.9 Å². The molecule has 0 spiro atoms. The molecule has 9 nitrogen and oxygen atoms in total. The van der Waals surface area contributed by atoms with E-state index in [1.54, 1.807) is 0 Å². The molecule has 0 saturated carbocycles. The van der Waals surface area contributed by atoms with Crippen LogP contribution in [0.5, 0.6) is 0 Å². The van der Waals surface area contributed by atoms with Gasteiger partial charge in [0, 0.05) is 50.5 Å². The quantitative estimate of drug-likeness (QED) is 0.416. The standard InChI is InChI=1S/C22H27N5O4/c1-16-6-8-17(9-7-16)20(26-12-10-25(2)11-13-26)15-23-21(28)22(29)24-18-4-3-5-19(14-18)27(30)31/h3-9,14,20H,10-13,15H2,1-2H3,(H,23,28)(H,24,29)/t20-/m1/s1. The number of anilines is 1. The summed E-state index contributed by atoms with van der Waals surface area (Å²) in [5.74, 6) is -1.64. The normalized spacial score (nSPS) is 15.8. The van der Waals surface area contributed by atoms with E-state index in [9.17, 15) is 19.7 Å². The summed E-state index contributed by atoms with van der Waals surface area (Å²) in [6.07, 6.45) is 0. The second-order valence-corrected chi connectivity index (χ2v) is 7.74. The van der Waals surface area contributed by atoms with Crippen LogP contribution in [-0.2, 0) is 9.59 Å². The number of amides is 2. The van der Waals surface area contributed by atoms with E-state index in [0.717, 1.165) is 37.3 Å². The number of nitrogens with one attached hydrogen (secondary N) is 2. The van der Waals surface area contributed by atoms with Crippen LogP contribution in [0.2, 0.25) is 0 Å². The van der Waals surface area contributed by atoms with Gasteiger partial charge >= 0.3 is 11.8 Å². The molecule has 2 N–H and O–H groups in total. The molecule has 3 rings (SSSR count). The lowest BCUT2D eigenvalue weighted by atomic mass is 10.0. The number of nitrogens with zero attached hydrogens (tertiary/aromatic N) is 3. The first-order chi connectivity index (χ1) is 14.8. The Morgan fingerprint density at radius 2 is 1.74 bits per heavy atom. The number of aryl methyl sites for hydroxylation is 1. The Morgan fingerprint density at radius 3 is 2.39 bits per heavy atom. The highest BCUT2D eigenvalue weighted by atomic mass is 16.6. The molecule has 9 heteroatoms. The third-order valence-electron chi connectivity index (χ3n) is 5.42. The van der Waals surface area contributed by atoms with Crippen LogP contribution in [0.1, 0.15) is 17.2 Å². The summed E-state index contributed by atoms with van der Waals surface area (Å²) in [7, 11) is 2.08. The van der Waals surface area contributed by atoms with E-state index >= 15 is 0 Å². The molecule has 1 aliphatic rings. The molecule has 0 radical (unpaired) electrons. The van der Waals surface area contributed by atoms with Crippen molar-refractivity contribution in [3.8, 4) is 0 Å². The van der Waals surface area contributed by atoms with Crippen molar-refractivity contribution in [2.45, 2.75) is 13.0 Å². The van der Waals surface area contributed by atoms with Crippen molar-refractivity contribution in [2.24, 2.45) is 0 Å². The fraction of sp³-hybridized carbons (Fsp3) is 0.364. The summed E-state index contributed by atoms with van der Waals surface area (Å²) < 4.78 is 0. The lowest BCUT2D eigenvalue weighted by molar-refractivity contribution is -0.384. The number of nitro groups is 1. The number of rotatable bonds is 6. The van der Waals surface area contributed by atoms with Crippen molar-refractivity contribution in [3.63, 3.8) is 0 Å². The van der Waals surface area contributed by atoms with Crippen molar-refractivity contribution in [2.75, 3.05) is 45.1 Å². The summed E-state index contributed by atoms with van der Waals surface area (Å²) in [6.45, 7) is 5.91. The number of hydrogen-bond acceptors (Lipinski definition) is 6. The molecule has 0 unspecified atom stereocenters. The minimum absolute atomic E-state index is 0.0520. The topological polar surface area (TPSA) is 108 Å². The van der Waals surface area contributed by atoms with Crippen LogP contribution in [0.25, 0.3) is 0 Å². The Balaban J connectivity index is 1.65. The molecule has 0 bridgehead atoms. The maximum absolute atomic E-state index is 12.4. The highest BCUT2D eigenvalue weighted by Gasteiger charge is 2.25. The zero-order valence-corrected chi connectivity index (χ0v) is 17.7. The molecule has 31 heavy (non-hydrogen) atoms. The second kappa shape index (κ2) is 10.1. The molecule has 2 amide bonds. The molecule has 2 aromatic rings. The van der Waals surface area contributed by atoms with Crippen molar-refractivity contribution in [1.29, 1.82) is 0 Å². The number of benzene rings is 2. The Morgan fingerprint density at radius 1 is 1.06 bits per heavy atom. The van der Waals surface area contributed by atoms with Gasteiger partial charge in [-0.05, 0) is 25.6 Å². The first-order valence-corrected chi connectivity index (χ1v) is 10.2. The molecule has 1 atom stereocenters. The summed E-state index contributed by atoms with van der Waals surface area (Å²) >= 11 is 0. The maximum atomic E-state index is 12.4. The molecule has 1 aliphatic heterocycles. The minimum atomic E-state index is -0.860. The van der Waals surface area contributed by atoms with E-state index < -0.39 is 16.7 Å². The van der Waals surface area contributed by atoms with Crippen molar-refractivity contribution >= 4 is 23.2 Å². The number of piperazine rings is 1. The number of carbonyl (C=O) groups excluding carboxylic acids is 2. The largest absolute Gasteiger partial charge is 0.346 e. The third-order valence-corrected chi connectivity index (χ3v) is 5.42. The number of hydrogen-bond donors (Lipinski definition) is 2. The molecule has 1 saturated heterocycles. The maximum Gasteiger partial charge on any atom is 0.313 e. The predicted octanol–water partition coefficient (Wildman–Crippen LogP) is 1.95. The van der Waals surface area contributed by atoms with Gasteiger partial charge in [0.1, 0.15) is 0 Å². The lowest BCUT2D eigenvalue weighted by Gasteiger charge is -2.38. The number of carbonyl (C=O) groups is 2. The van der Waals surface area contributed by atoms with Gasteiger partial charge in [-0.25, -0.2) is 0 Å². The highest BCUT2D eigenvalue weighted by molar-refractivity contribution is 6.39. The Labute approximate surface area is 181 Å². The molecular weight excluding hydrogens is 398 g/mol. The molecule has 1 heterocycles. The van der Waals surface area contributed by atoms with Crippen molar-refractivity contribution in [3.05, 3.63) is 69.8 Å². The monoisotopic (exact) mass is 425 g/mol. The number of likely N-dealkylation sites (N-methyl/N-ethyl adjacent to an activating group) is 1. The average Bonchev–Trinajstić information content (AvgIpc) is 2.76. The zero-order chi connectivity index (χ0) is 22.4. The third kappa shape index (κ3) is 6.09. The van der Waals surface area contributed by atoms with Crippen LogP contribution in [-0.4, -0.2) is 66.3 Å². The number of nitro benzene ring substituents is 1.